The third-order valence-electron chi connectivity index (χ3n) is 3.24. The van der Waals surface area contributed by atoms with Crippen molar-refractivity contribution in [3.05, 3.63) is 12.7 Å². The molecule has 2 unspecified atom stereocenters. The Bertz CT molecular complexity index is 228. The van der Waals surface area contributed by atoms with E-state index in [1.165, 1.54) is 19.3 Å². The van der Waals surface area contributed by atoms with Gasteiger partial charge in [0, 0.05) is 12.6 Å². The van der Waals surface area contributed by atoms with Crippen LogP contribution < -0.4 is 0 Å². The van der Waals surface area contributed by atoms with Crippen LogP contribution in [0.1, 0.15) is 32.6 Å². The van der Waals surface area contributed by atoms with Crippen LogP contribution >= 0.6 is 0 Å². The summed E-state index contributed by atoms with van der Waals surface area (Å²) in [4.78, 5) is 12.8. The Morgan fingerprint density at radius 3 is 2.73 bits per heavy atom. The molecular formula is C12H21NO2. The van der Waals surface area contributed by atoms with Crippen LogP contribution in [0.4, 0.5) is 0 Å². The van der Waals surface area contributed by atoms with Crippen molar-refractivity contribution in [2.45, 2.75) is 38.6 Å². The maximum atomic E-state index is 10.8. The van der Waals surface area contributed by atoms with Gasteiger partial charge in [-0.1, -0.05) is 25.8 Å². The summed E-state index contributed by atoms with van der Waals surface area (Å²) in [7, 11) is 0. The van der Waals surface area contributed by atoms with Gasteiger partial charge in [0.1, 0.15) is 0 Å². The minimum Gasteiger partial charge on any atom is -0.480 e. The lowest BCUT2D eigenvalue weighted by Crippen LogP contribution is -2.44. The second-order valence-corrected chi connectivity index (χ2v) is 4.44. The number of hydrogen-bond acceptors (Lipinski definition) is 2. The fraction of sp³-hybridized carbons (Fsp3) is 0.750. The van der Waals surface area contributed by atoms with E-state index >= 15 is 0 Å². The van der Waals surface area contributed by atoms with Crippen LogP contribution in [-0.2, 0) is 4.79 Å². The van der Waals surface area contributed by atoms with Gasteiger partial charge in [0.05, 0.1) is 6.54 Å². The third-order valence-corrected chi connectivity index (χ3v) is 3.24. The zero-order chi connectivity index (χ0) is 11.3. The summed E-state index contributed by atoms with van der Waals surface area (Å²) in [6, 6.07) is 0.424. The molecule has 0 bridgehead atoms. The van der Waals surface area contributed by atoms with Crippen molar-refractivity contribution in [1.29, 1.82) is 0 Å². The van der Waals surface area contributed by atoms with E-state index in [1.807, 2.05) is 4.90 Å². The van der Waals surface area contributed by atoms with Crippen LogP contribution in [0.5, 0.6) is 0 Å². The molecule has 0 aromatic carbocycles. The van der Waals surface area contributed by atoms with Crippen LogP contribution in [-0.4, -0.2) is 35.1 Å². The van der Waals surface area contributed by atoms with E-state index in [0.29, 0.717) is 18.5 Å². The average Bonchev–Trinajstić information content (AvgIpc) is 2.17. The minimum absolute atomic E-state index is 0.140. The minimum atomic E-state index is -0.741. The second-order valence-electron chi connectivity index (χ2n) is 4.44. The van der Waals surface area contributed by atoms with E-state index in [-0.39, 0.29) is 6.54 Å². The summed E-state index contributed by atoms with van der Waals surface area (Å²) in [5, 5.41) is 8.85. The highest BCUT2D eigenvalue weighted by molar-refractivity contribution is 5.69. The fourth-order valence-electron chi connectivity index (χ4n) is 2.50. The summed E-state index contributed by atoms with van der Waals surface area (Å²) in [6.07, 6.45) is 6.65. The third kappa shape index (κ3) is 3.67. The molecule has 0 aromatic heterocycles. The van der Waals surface area contributed by atoms with Crippen molar-refractivity contribution < 1.29 is 9.90 Å². The van der Waals surface area contributed by atoms with Gasteiger partial charge in [-0.05, 0) is 18.8 Å². The van der Waals surface area contributed by atoms with E-state index in [1.54, 1.807) is 6.08 Å². The monoisotopic (exact) mass is 211 g/mol. The Balaban J connectivity index is 2.59. The highest BCUT2D eigenvalue weighted by atomic mass is 16.4. The van der Waals surface area contributed by atoms with Gasteiger partial charge in [-0.15, -0.1) is 6.58 Å². The SMILES string of the molecule is C=CCN(CC(=O)O)C1CCCCC1C. The Morgan fingerprint density at radius 1 is 1.53 bits per heavy atom. The molecule has 0 heterocycles. The summed E-state index contributed by atoms with van der Waals surface area (Å²) >= 11 is 0. The standard InChI is InChI=1S/C12H21NO2/c1-3-8-13(9-12(14)15)11-7-5-4-6-10(11)2/h3,10-11H,1,4-9H2,2H3,(H,14,15). The summed E-state index contributed by atoms with van der Waals surface area (Å²) in [5.41, 5.74) is 0. The summed E-state index contributed by atoms with van der Waals surface area (Å²) in [5.74, 6) is -0.132. The topological polar surface area (TPSA) is 40.5 Å². The van der Waals surface area contributed by atoms with Gasteiger partial charge < -0.3 is 5.11 Å². The molecule has 0 saturated heterocycles. The molecule has 0 aliphatic heterocycles. The Hall–Kier alpha value is -0.830. The number of carboxylic acid groups (broad SMARTS) is 1. The van der Waals surface area contributed by atoms with Crippen molar-refractivity contribution in [2.75, 3.05) is 13.1 Å². The molecule has 1 fully saturated rings. The molecule has 2 atom stereocenters. The molecule has 0 amide bonds. The predicted octanol–water partition coefficient (Wildman–Crippen LogP) is 2.14. The van der Waals surface area contributed by atoms with Gasteiger partial charge >= 0.3 is 5.97 Å². The molecule has 3 heteroatoms. The number of aliphatic carboxylic acids is 1. The van der Waals surface area contributed by atoms with Gasteiger partial charge in [0.25, 0.3) is 0 Å². The quantitative estimate of drug-likeness (QED) is 0.708. The molecule has 0 aromatic rings. The predicted molar refractivity (Wildman–Crippen MR) is 60.8 cm³/mol. The maximum absolute atomic E-state index is 10.8. The molecule has 1 aliphatic rings. The van der Waals surface area contributed by atoms with E-state index in [0.717, 1.165) is 6.42 Å². The number of rotatable bonds is 5. The smallest absolute Gasteiger partial charge is 0.317 e. The van der Waals surface area contributed by atoms with E-state index in [2.05, 4.69) is 13.5 Å². The van der Waals surface area contributed by atoms with Crippen molar-refractivity contribution in [1.82, 2.24) is 4.90 Å². The molecule has 1 rings (SSSR count). The Morgan fingerprint density at radius 2 is 2.20 bits per heavy atom. The molecule has 86 valence electrons. The van der Waals surface area contributed by atoms with E-state index in [4.69, 9.17) is 5.11 Å². The molecule has 3 nitrogen and oxygen atoms in total. The Labute approximate surface area is 91.8 Å². The lowest BCUT2D eigenvalue weighted by atomic mass is 9.85. The highest BCUT2D eigenvalue weighted by Gasteiger charge is 2.27. The van der Waals surface area contributed by atoms with Crippen LogP contribution in [0.2, 0.25) is 0 Å². The van der Waals surface area contributed by atoms with Crippen molar-refractivity contribution >= 4 is 5.97 Å². The van der Waals surface area contributed by atoms with Crippen LogP contribution in [0.3, 0.4) is 0 Å². The van der Waals surface area contributed by atoms with E-state index in [9.17, 15) is 4.79 Å². The fourth-order valence-corrected chi connectivity index (χ4v) is 2.50. The summed E-state index contributed by atoms with van der Waals surface area (Å²) in [6.45, 7) is 6.74. The number of nitrogens with zero attached hydrogens (tertiary/aromatic N) is 1. The molecule has 1 N–H and O–H groups in total. The Kier molecular flexibility index (Phi) is 4.82. The first-order valence-corrected chi connectivity index (χ1v) is 5.72. The zero-order valence-corrected chi connectivity index (χ0v) is 9.48. The van der Waals surface area contributed by atoms with Crippen molar-refractivity contribution in [3.63, 3.8) is 0 Å². The normalized spacial score (nSPS) is 26.5. The molecular weight excluding hydrogens is 190 g/mol. The van der Waals surface area contributed by atoms with Crippen molar-refractivity contribution in [3.8, 4) is 0 Å². The lowest BCUT2D eigenvalue weighted by molar-refractivity contribution is -0.139. The summed E-state index contributed by atoms with van der Waals surface area (Å²) < 4.78 is 0. The van der Waals surface area contributed by atoms with Gasteiger partial charge in [-0.2, -0.15) is 0 Å². The van der Waals surface area contributed by atoms with Gasteiger partial charge in [0.15, 0.2) is 0 Å². The second kappa shape index (κ2) is 5.91. The number of hydrogen-bond donors (Lipinski definition) is 1. The van der Waals surface area contributed by atoms with Crippen molar-refractivity contribution in [2.24, 2.45) is 5.92 Å². The largest absolute Gasteiger partial charge is 0.480 e. The number of carbonyl (C=O) groups is 1. The maximum Gasteiger partial charge on any atom is 0.317 e. The first kappa shape index (κ1) is 12.2. The molecule has 15 heavy (non-hydrogen) atoms. The van der Waals surface area contributed by atoms with Gasteiger partial charge in [-0.3, -0.25) is 9.69 Å². The lowest BCUT2D eigenvalue weighted by Gasteiger charge is -2.37. The molecule has 1 saturated carbocycles. The average molecular weight is 211 g/mol. The molecule has 0 radical (unpaired) electrons. The van der Waals surface area contributed by atoms with E-state index < -0.39 is 5.97 Å². The van der Waals surface area contributed by atoms with Gasteiger partial charge in [0.2, 0.25) is 0 Å². The first-order valence-electron chi connectivity index (χ1n) is 5.72. The number of carboxylic acids is 1. The molecule has 1 aliphatic carbocycles. The highest BCUT2D eigenvalue weighted by Crippen LogP contribution is 2.27. The van der Waals surface area contributed by atoms with Crippen LogP contribution in [0.15, 0.2) is 12.7 Å². The first-order chi connectivity index (χ1) is 7.15. The zero-order valence-electron chi connectivity index (χ0n) is 9.48. The van der Waals surface area contributed by atoms with Crippen LogP contribution in [0.25, 0.3) is 0 Å². The van der Waals surface area contributed by atoms with Crippen LogP contribution in [0, 0.1) is 5.92 Å². The van der Waals surface area contributed by atoms with Gasteiger partial charge in [-0.25, -0.2) is 0 Å². The molecule has 0 spiro atoms.